The van der Waals surface area contributed by atoms with Gasteiger partial charge in [-0.1, -0.05) is 42.5 Å². The van der Waals surface area contributed by atoms with Gasteiger partial charge in [0.15, 0.2) is 0 Å². The van der Waals surface area contributed by atoms with Crippen molar-refractivity contribution in [2.45, 2.75) is 0 Å². The van der Waals surface area contributed by atoms with Gasteiger partial charge in [-0.2, -0.15) is 0 Å². The monoisotopic (exact) mass is 312 g/mol. The van der Waals surface area contributed by atoms with Gasteiger partial charge in [-0.05, 0) is 23.6 Å². The molecule has 0 unspecified atom stereocenters. The summed E-state index contributed by atoms with van der Waals surface area (Å²) in [6.07, 6.45) is 3.02. The molecule has 0 aliphatic carbocycles. The smallest absolute Gasteiger partial charge is 0.145 e. The summed E-state index contributed by atoms with van der Waals surface area (Å²) in [5, 5.41) is 3.22. The van der Waals surface area contributed by atoms with Gasteiger partial charge in [0.1, 0.15) is 16.9 Å². The lowest BCUT2D eigenvalue weighted by Crippen LogP contribution is -1.88. The van der Waals surface area contributed by atoms with Gasteiger partial charge in [-0.3, -0.25) is 0 Å². The molecule has 23 heavy (non-hydrogen) atoms. The maximum Gasteiger partial charge on any atom is 0.145 e. The van der Waals surface area contributed by atoms with Gasteiger partial charge in [0.05, 0.1) is 21.3 Å². The summed E-state index contributed by atoms with van der Waals surface area (Å²) < 4.78 is 1.15. The molecule has 0 aliphatic heterocycles. The zero-order valence-corrected chi connectivity index (χ0v) is 12.8. The Kier molecular flexibility index (Phi) is 2.66. The normalized spacial score (nSPS) is 11.5. The second-order valence-electron chi connectivity index (χ2n) is 5.33. The summed E-state index contributed by atoms with van der Waals surface area (Å²) in [7, 11) is 0. The molecule has 5 rings (SSSR count). The summed E-state index contributed by atoms with van der Waals surface area (Å²) in [5.74, 6) is 0. The quantitative estimate of drug-likeness (QED) is 0.444. The van der Waals surface area contributed by atoms with Gasteiger partial charge in [-0.25, -0.2) is 15.0 Å². The molecule has 107 valence electrons. The zero-order chi connectivity index (χ0) is 15.2. The Labute approximate surface area is 136 Å². The largest absolute Gasteiger partial charge is 0.242 e. The van der Waals surface area contributed by atoms with Crippen molar-refractivity contribution in [3.63, 3.8) is 0 Å². The van der Waals surface area contributed by atoms with Crippen molar-refractivity contribution in [2.24, 2.45) is 0 Å². The first-order valence-electron chi connectivity index (χ1n) is 7.32. The van der Waals surface area contributed by atoms with Crippen LogP contribution in [-0.4, -0.2) is 15.0 Å². The molecule has 2 aromatic heterocycles. The van der Waals surface area contributed by atoms with Gasteiger partial charge in [0, 0.05) is 5.39 Å². The van der Waals surface area contributed by atoms with E-state index in [0.717, 1.165) is 26.3 Å². The summed E-state index contributed by atoms with van der Waals surface area (Å²) in [4.78, 5) is 13.8. The van der Waals surface area contributed by atoms with Crippen molar-refractivity contribution < 1.29 is 0 Å². The predicted octanol–water partition coefficient (Wildman–Crippen LogP) is 4.86. The van der Waals surface area contributed by atoms with E-state index in [2.05, 4.69) is 40.4 Å². The highest BCUT2D eigenvalue weighted by Gasteiger charge is 2.11. The Morgan fingerprint density at radius 3 is 2.57 bits per heavy atom. The average Bonchev–Trinajstić information content (AvgIpc) is 3.06. The van der Waals surface area contributed by atoms with Gasteiger partial charge < -0.3 is 0 Å². The fourth-order valence-electron chi connectivity index (χ4n) is 2.77. The summed E-state index contributed by atoms with van der Waals surface area (Å²) in [6.45, 7) is 0. The standard InChI is InChI=1S/C19H10N3S/c1-2-6-13-12(5-1)9-10-17-18(13)22-19(23-17)16-11-20-14-7-3-4-8-15(14)21-16/h1-10H. The number of hydrogen-bond acceptors (Lipinski definition) is 4. The maximum atomic E-state index is 4.80. The molecule has 2 heterocycles. The Morgan fingerprint density at radius 1 is 0.783 bits per heavy atom. The first-order chi connectivity index (χ1) is 11.4. The minimum atomic E-state index is 0.703. The minimum absolute atomic E-state index is 0.703. The lowest BCUT2D eigenvalue weighted by molar-refractivity contribution is 1.27. The second-order valence-corrected chi connectivity index (χ2v) is 6.36. The van der Waals surface area contributed by atoms with Crippen LogP contribution < -0.4 is 0 Å². The van der Waals surface area contributed by atoms with Crippen molar-refractivity contribution in [1.82, 2.24) is 15.0 Å². The van der Waals surface area contributed by atoms with E-state index in [-0.39, 0.29) is 0 Å². The number of thiazole rings is 1. The third kappa shape index (κ3) is 1.99. The number of rotatable bonds is 1. The van der Waals surface area contributed by atoms with E-state index in [9.17, 15) is 0 Å². The van der Waals surface area contributed by atoms with Gasteiger partial charge in [0.2, 0.25) is 0 Å². The van der Waals surface area contributed by atoms with Crippen LogP contribution in [0.3, 0.4) is 0 Å². The van der Waals surface area contributed by atoms with E-state index in [1.54, 1.807) is 11.3 Å². The second kappa shape index (κ2) is 4.83. The number of para-hydroxylation sites is 2. The molecule has 5 aromatic rings. The molecule has 0 spiro atoms. The van der Waals surface area contributed by atoms with Crippen molar-refractivity contribution in [1.29, 1.82) is 0 Å². The SMILES string of the molecule is [c]1nc2ccccc2nc1-c1nc2c(ccc3ccccc32)s1. The van der Waals surface area contributed by atoms with E-state index < -0.39 is 0 Å². The van der Waals surface area contributed by atoms with Crippen LogP contribution in [0.5, 0.6) is 0 Å². The summed E-state index contributed by atoms with van der Waals surface area (Å²) in [6, 6.07) is 20.4. The molecule has 3 nitrogen and oxygen atoms in total. The Balaban J connectivity index is 1.76. The van der Waals surface area contributed by atoms with E-state index >= 15 is 0 Å². The third-order valence-electron chi connectivity index (χ3n) is 3.88. The van der Waals surface area contributed by atoms with Crippen molar-refractivity contribution in [3.8, 4) is 10.7 Å². The van der Waals surface area contributed by atoms with Crippen LogP contribution in [0.25, 0.3) is 42.7 Å². The number of nitrogens with zero attached hydrogens (tertiary/aromatic N) is 3. The highest BCUT2D eigenvalue weighted by atomic mass is 32.1. The molecule has 0 atom stereocenters. The lowest BCUT2D eigenvalue weighted by Gasteiger charge is -1.98. The molecular formula is C19H10N3S. The zero-order valence-electron chi connectivity index (χ0n) is 12.0. The highest BCUT2D eigenvalue weighted by molar-refractivity contribution is 7.21. The molecule has 0 aliphatic rings. The number of benzene rings is 3. The van der Waals surface area contributed by atoms with Crippen LogP contribution in [0.2, 0.25) is 0 Å². The van der Waals surface area contributed by atoms with Crippen LogP contribution >= 0.6 is 11.3 Å². The van der Waals surface area contributed by atoms with Gasteiger partial charge >= 0.3 is 0 Å². The molecule has 0 bridgehead atoms. The Morgan fingerprint density at radius 2 is 1.61 bits per heavy atom. The fraction of sp³-hybridized carbons (Fsp3) is 0. The first-order valence-corrected chi connectivity index (χ1v) is 8.13. The Hall–Kier alpha value is -2.85. The van der Waals surface area contributed by atoms with Crippen LogP contribution in [0, 0.1) is 6.20 Å². The molecular weight excluding hydrogens is 302 g/mol. The number of aromatic nitrogens is 3. The van der Waals surface area contributed by atoms with Gasteiger partial charge in [-0.15, -0.1) is 11.3 Å². The number of fused-ring (bicyclic) bond motifs is 4. The van der Waals surface area contributed by atoms with E-state index in [0.29, 0.717) is 5.69 Å². The lowest BCUT2D eigenvalue weighted by atomic mass is 10.1. The first kappa shape index (κ1) is 12.7. The topological polar surface area (TPSA) is 38.7 Å². The van der Waals surface area contributed by atoms with E-state index in [1.165, 1.54) is 10.8 Å². The molecule has 3 aromatic carbocycles. The molecule has 0 fully saturated rings. The fourth-order valence-corrected chi connectivity index (χ4v) is 3.69. The number of hydrogen-bond donors (Lipinski definition) is 0. The van der Waals surface area contributed by atoms with Crippen LogP contribution in [-0.2, 0) is 0 Å². The summed E-state index contributed by atoms with van der Waals surface area (Å²) >= 11 is 1.63. The molecule has 0 saturated heterocycles. The van der Waals surface area contributed by atoms with Crippen molar-refractivity contribution >= 4 is 43.4 Å². The molecule has 4 heteroatoms. The molecule has 0 saturated carbocycles. The van der Waals surface area contributed by atoms with E-state index in [1.807, 2.05) is 36.4 Å². The maximum absolute atomic E-state index is 4.80. The van der Waals surface area contributed by atoms with Gasteiger partial charge in [0.25, 0.3) is 0 Å². The molecule has 0 amide bonds. The Bertz CT molecular complexity index is 1180. The molecule has 1 radical (unpaired) electrons. The van der Waals surface area contributed by atoms with E-state index in [4.69, 9.17) is 4.98 Å². The average molecular weight is 312 g/mol. The minimum Gasteiger partial charge on any atom is -0.242 e. The van der Waals surface area contributed by atoms with Crippen molar-refractivity contribution in [2.75, 3.05) is 0 Å². The highest BCUT2D eigenvalue weighted by Crippen LogP contribution is 2.33. The summed E-state index contributed by atoms with van der Waals surface area (Å²) in [5.41, 5.74) is 3.44. The van der Waals surface area contributed by atoms with Crippen molar-refractivity contribution in [3.05, 3.63) is 66.9 Å². The third-order valence-corrected chi connectivity index (χ3v) is 4.91. The van der Waals surface area contributed by atoms with Crippen LogP contribution in [0.15, 0.2) is 60.7 Å². The van der Waals surface area contributed by atoms with Crippen LogP contribution in [0.1, 0.15) is 0 Å². The predicted molar refractivity (Wildman–Crippen MR) is 94.5 cm³/mol. The molecule has 0 N–H and O–H groups in total. The van der Waals surface area contributed by atoms with Crippen LogP contribution in [0.4, 0.5) is 0 Å².